The summed E-state index contributed by atoms with van der Waals surface area (Å²) in [6.07, 6.45) is 5.72. The fourth-order valence-electron chi connectivity index (χ4n) is 3.38. The Morgan fingerprint density at radius 1 is 0.952 bits per heavy atom. The van der Waals surface area contributed by atoms with E-state index >= 15 is 0 Å². The highest BCUT2D eigenvalue weighted by molar-refractivity contribution is 5.82. The number of fused-ring (bicyclic) bond motifs is 2. The van der Waals surface area contributed by atoms with Crippen LogP contribution < -0.4 is 14.9 Å². The molecule has 0 bridgehead atoms. The lowest BCUT2D eigenvalue weighted by atomic mass is 10.0. The maximum atomic E-state index is 12.4. The van der Waals surface area contributed by atoms with Crippen LogP contribution >= 0.6 is 0 Å². The highest BCUT2D eigenvalue weighted by Crippen LogP contribution is 2.35. The molecule has 0 radical (unpaired) electrons. The van der Waals surface area contributed by atoms with Gasteiger partial charge in [0.15, 0.2) is 16.9 Å². The van der Waals surface area contributed by atoms with Crippen molar-refractivity contribution in [1.29, 1.82) is 0 Å². The van der Waals surface area contributed by atoms with Crippen LogP contribution in [0, 0.1) is 0 Å². The molecule has 21 heavy (non-hydrogen) atoms. The first-order valence-electron chi connectivity index (χ1n) is 7.78. The monoisotopic (exact) mass is 285 g/mol. The number of hydrogen-bond donors (Lipinski definition) is 1. The molecule has 2 aliphatic rings. The molecule has 1 aliphatic heterocycles. The summed E-state index contributed by atoms with van der Waals surface area (Å²) in [7, 11) is 0. The fraction of sp³-hybridized carbons (Fsp3) is 0.471. The molecule has 2 heterocycles. The lowest BCUT2D eigenvalue weighted by Gasteiger charge is -2.13. The van der Waals surface area contributed by atoms with Gasteiger partial charge in [0.2, 0.25) is 0 Å². The molecule has 1 aromatic carbocycles. The van der Waals surface area contributed by atoms with Crippen molar-refractivity contribution in [1.82, 2.24) is 4.98 Å². The van der Waals surface area contributed by atoms with E-state index in [0.29, 0.717) is 30.3 Å². The van der Waals surface area contributed by atoms with Crippen LogP contribution in [0.5, 0.6) is 11.5 Å². The van der Waals surface area contributed by atoms with Gasteiger partial charge >= 0.3 is 0 Å². The summed E-state index contributed by atoms with van der Waals surface area (Å²) in [6.45, 7) is 1.29. The molecule has 1 fully saturated rings. The second-order valence-corrected chi connectivity index (χ2v) is 5.97. The Balaban J connectivity index is 1.85. The van der Waals surface area contributed by atoms with E-state index in [1.165, 1.54) is 25.7 Å². The van der Waals surface area contributed by atoms with Crippen LogP contribution in [-0.2, 0) is 0 Å². The van der Waals surface area contributed by atoms with Crippen molar-refractivity contribution in [2.75, 3.05) is 13.2 Å². The van der Waals surface area contributed by atoms with E-state index in [1.54, 1.807) is 6.07 Å². The second-order valence-electron chi connectivity index (χ2n) is 5.97. The maximum Gasteiger partial charge on any atom is 0.189 e. The minimum atomic E-state index is 0.0706. The number of aromatic amines is 1. The van der Waals surface area contributed by atoms with E-state index in [0.717, 1.165) is 23.4 Å². The van der Waals surface area contributed by atoms with Crippen molar-refractivity contribution in [3.63, 3.8) is 0 Å². The molecule has 1 saturated carbocycles. The lowest BCUT2D eigenvalue weighted by Crippen LogP contribution is -2.08. The summed E-state index contributed by atoms with van der Waals surface area (Å²) in [5.41, 5.74) is 1.99. The number of nitrogens with one attached hydrogen (secondary N) is 1. The van der Waals surface area contributed by atoms with E-state index in [4.69, 9.17) is 9.47 Å². The quantitative estimate of drug-likeness (QED) is 0.874. The lowest BCUT2D eigenvalue weighted by molar-refractivity contribution is 0.297. The first-order chi connectivity index (χ1) is 10.3. The predicted octanol–water partition coefficient (Wildman–Crippen LogP) is 3.35. The molecule has 1 aliphatic carbocycles. The van der Waals surface area contributed by atoms with Crippen LogP contribution in [-0.4, -0.2) is 18.2 Å². The largest absolute Gasteiger partial charge is 0.490 e. The van der Waals surface area contributed by atoms with Gasteiger partial charge in [-0.05, 0) is 24.8 Å². The van der Waals surface area contributed by atoms with Crippen LogP contribution in [0.15, 0.2) is 23.0 Å². The molecule has 4 heteroatoms. The number of ether oxygens (including phenoxy) is 2. The van der Waals surface area contributed by atoms with Crippen LogP contribution in [0.2, 0.25) is 0 Å². The molecule has 110 valence electrons. The Morgan fingerprint density at radius 2 is 1.67 bits per heavy atom. The average Bonchev–Trinajstić information content (AvgIpc) is 2.92. The van der Waals surface area contributed by atoms with Crippen molar-refractivity contribution >= 4 is 10.9 Å². The predicted molar refractivity (Wildman–Crippen MR) is 81.4 cm³/mol. The summed E-state index contributed by atoms with van der Waals surface area (Å²) in [5.74, 6) is 1.91. The molecular weight excluding hydrogens is 266 g/mol. The number of hydrogen-bond acceptors (Lipinski definition) is 3. The second kappa shape index (κ2) is 5.10. The number of rotatable bonds is 1. The van der Waals surface area contributed by atoms with E-state index in [-0.39, 0.29) is 5.43 Å². The zero-order valence-electron chi connectivity index (χ0n) is 12.0. The van der Waals surface area contributed by atoms with Gasteiger partial charge in [-0.15, -0.1) is 0 Å². The van der Waals surface area contributed by atoms with Gasteiger partial charge in [-0.3, -0.25) is 4.79 Å². The fourth-order valence-corrected chi connectivity index (χ4v) is 3.38. The third kappa shape index (κ3) is 2.28. The Bertz CT molecular complexity index is 729. The maximum absolute atomic E-state index is 12.4. The van der Waals surface area contributed by atoms with Crippen molar-refractivity contribution in [3.05, 3.63) is 34.1 Å². The van der Waals surface area contributed by atoms with E-state index in [2.05, 4.69) is 4.98 Å². The van der Waals surface area contributed by atoms with Crippen LogP contribution in [0.4, 0.5) is 0 Å². The smallest absolute Gasteiger partial charge is 0.189 e. The SMILES string of the molecule is O=c1cc(C2CCCC2)[nH]c2cc3c(cc12)OCCCO3. The molecule has 0 amide bonds. The molecule has 2 aromatic rings. The van der Waals surface area contributed by atoms with Gasteiger partial charge in [0.1, 0.15) is 0 Å². The van der Waals surface area contributed by atoms with Crippen molar-refractivity contribution in [3.8, 4) is 11.5 Å². The van der Waals surface area contributed by atoms with Crippen molar-refractivity contribution in [2.24, 2.45) is 0 Å². The van der Waals surface area contributed by atoms with E-state index in [1.807, 2.05) is 12.1 Å². The summed E-state index contributed by atoms with van der Waals surface area (Å²) in [5, 5.41) is 0.681. The zero-order chi connectivity index (χ0) is 14.2. The highest BCUT2D eigenvalue weighted by Gasteiger charge is 2.20. The van der Waals surface area contributed by atoms with Gasteiger partial charge < -0.3 is 14.5 Å². The molecule has 1 aromatic heterocycles. The Kier molecular flexibility index (Phi) is 3.09. The summed E-state index contributed by atoms with van der Waals surface area (Å²) < 4.78 is 11.4. The number of pyridine rings is 1. The van der Waals surface area contributed by atoms with Gasteiger partial charge in [0.25, 0.3) is 0 Å². The van der Waals surface area contributed by atoms with Gasteiger partial charge in [0, 0.05) is 29.6 Å². The van der Waals surface area contributed by atoms with Gasteiger partial charge in [-0.25, -0.2) is 0 Å². The third-order valence-electron chi connectivity index (χ3n) is 4.51. The van der Waals surface area contributed by atoms with Gasteiger partial charge in [-0.1, -0.05) is 12.8 Å². The molecule has 0 atom stereocenters. The van der Waals surface area contributed by atoms with Crippen molar-refractivity contribution in [2.45, 2.75) is 38.0 Å². The Labute approximate surface area is 123 Å². The molecule has 4 nitrogen and oxygen atoms in total. The van der Waals surface area contributed by atoms with Gasteiger partial charge in [-0.2, -0.15) is 0 Å². The first-order valence-corrected chi connectivity index (χ1v) is 7.78. The van der Waals surface area contributed by atoms with Crippen LogP contribution in [0.3, 0.4) is 0 Å². The number of aromatic nitrogens is 1. The molecule has 0 unspecified atom stereocenters. The van der Waals surface area contributed by atoms with E-state index < -0.39 is 0 Å². The van der Waals surface area contributed by atoms with E-state index in [9.17, 15) is 4.79 Å². The van der Waals surface area contributed by atoms with Crippen LogP contribution in [0.25, 0.3) is 10.9 Å². The molecule has 4 rings (SSSR count). The molecular formula is C17H19NO3. The third-order valence-corrected chi connectivity index (χ3v) is 4.51. The average molecular weight is 285 g/mol. The van der Waals surface area contributed by atoms with Crippen molar-refractivity contribution < 1.29 is 9.47 Å². The Morgan fingerprint density at radius 3 is 2.43 bits per heavy atom. The highest BCUT2D eigenvalue weighted by atomic mass is 16.5. The summed E-state index contributed by atoms with van der Waals surface area (Å²) in [4.78, 5) is 15.9. The first kappa shape index (κ1) is 12.7. The zero-order valence-corrected chi connectivity index (χ0v) is 12.0. The standard InChI is InChI=1S/C17H19NO3/c19-15-9-13(11-4-1-2-5-11)18-14-10-17-16(8-12(14)15)20-6-3-7-21-17/h8-11H,1-7H2,(H,18,19). The summed E-state index contributed by atoms with van der Waals surface area (Å²) in [6, 6.07) is 5.49. The minimum Gasteiger partial charge on any atom is -0.490 e. The Hall–Kier alpha value is -1.97. The van der Waals surface area contributed by atoms with Gasteiger partial charge in [0.05, 0.1) is 18.7 Å². The summed E-state index contributed by atoms with van der Waals surface area (Å²) >= 11 is 0. The molecule has 0 spiro atoms. The molecule has 0 saturated heterocycles. The number of benzene rings is 1. The van der Waals surface area contributed by atoms with Crippen LogP contribution in [0.1, 0.15) is 43.7 Å². The topological polar surface area (TPSA) is 51.3 Å². The number of H-pyrrole nitrogens is 1. The normalized spacial score (nSPS) is 18.9. The molecule has 1 N–H and O–H groups in total. The minimum absolute atomic E-state index is 0.0706.